The normalized spacial score (nSPS) is 28.1. The summed E-state index contributed by atoms with van der Waals surface area (Å²) in [6.45, 7) is 5.23. The molecule has 2 saturated carbocycles. The number of nitrogens with two attached hydrogens (primary N) is 1. The minimum absolute atomic E-state index is 0.000141. The van der Waals surface area contributed by atoms with E-state index in [1.807, 2.05) is 22.4 Å². The highest BCUT2D eigenvalue weighted by atomic mass is 32.1. The van der Waals surface area contributed by atoms with E-state index in [2.05, 4.69) is 19.2 Å². The number of amides is 3. The van der Waals surface area contributed by atoms with E-state index in [9.17, 15) is 14.4 Å². The van der Waals surface area contributed by atoms with Crippen LogP contribution in [0.25, 0.3) is 0 Å². The average Bonchev–Trinajstić information content (AvgIpc) is 3.28. The highest BCUT2D eigenvalue weighted by Crippen LogP contribution is 2.35. The van der Waals surface area contributed by atoms with Gasteiger partial charge in [-0.2, -0.15) is 0 Å². The summed E-state index contributed by atoms with van der Waals surface area (Å²) < 4.78 is 0. The van der Waals surface area contributed by atoms with Crippen LogP contribution < -0.4 is 11.1 Å². The molecule has 0 bridgehead atoms. The number of carbonyl (C=O) groups excluding carboxylic acids is 3. The van der Waals surface area contributed by atoms with Crippen molar-refractivity contribution < 1.29 is 14.4 Å². The molecule has 176 valence electrons. The third-order valence-electron chi connectivity index (χ3n) is 6.90. The largest absolute Gasteiger partial charge is 0.352 e. The molecule has 4 rings (SSSR count). The van der Waals surface area contributed by atoms with Crippen LogP contribution in [0.1, 0.15) is 68.5 Å². The van der Waals surface area contributed by atoms with Gasteiger partial charge in [0.15, 0.2) is 0 Å². The Morgan fingerprint density at radius 3 is 2.50 bits per heavy atom. The number of nitrogens with one attached hydrogen (secondary N) is 1. The van der Waals surface area contributed by atoms with Crippen molar-refractivity contribution >= 4 is 29.1 Å². The second-order valence-corrected chi connectivity index (χ2v) is 11.1. The van der Waals surface area contributed by atoms with Crippen LogP contribution in [0.2, 0.25) is 0 Å². The van der Waals surface area contributed by atoms with Crippen molar-refractivity contribution in [2.45, 2.75) is 83.0 Å². The first-order valence-electron chi connectivity index (χ1n) is 12.0. The molecule has 0 radical (unpaired) electrons. The van der Waals surface area contributed by atoms with Crippen molar-refractivity contribution in [1.82, 2.24) is 15.1 Å². The minimum atomic E-state index is -0.505. The molecule has 2 heterocycles. The summed E-state index contributed by atoms with van der Waals surface area (Å²) in [5.41, 5.74) is 6.01. The molecular formula is C24H36N4O3S. The van der Waals surface area contributed by atoms with Crippen LogP contribution in [-0.4, -0.2) is 64.8 Å². The molecule has 3 amide bonds. The second kappa shape index (κ2) is 9.91. The third kappa shape index (κ3) is 5.34. The SMILES string of the molecule is CC(C)CN(C(=O)c1cccs1)C1CC(C(=O)NC2CCC(N)CC2)N(C(=O)C2CC2)C1. The molecule has 3 aliphatic rings. The average molecular weight is 461 g/mol. The Hall–Kier alpha value is -1.93. The van der Waals surface area contributed by atoms with E-state index in [4.69, 9.17) is 5.73 Å². The first kappa shape index (κ1) is 23.2. The Labute approximate surface area is 194 Å². The molecule has 3 fully saturated rings. The predicted octanol–water partition coefficient (Wildman–Crippen LogP) is 2.61. The molecule has 1 aliphatic heterocycles. The lowest BCUT2D eigenvalue weighted by Crippen LogP contribution is -2.50. The smallest absolute Gasteiger partial charge is 0.264 e. The van der Waals surface area contributed by atoms with Crippen molar-refractivity contribution in [3.05, 3.63) is 22.4 Å². The summed E-state index contributed by atoms with van der Waals surface area (Å²) >= 11 is 1.44. The molecule has 2 atom stereocenters. The monoisotopic (exact) mass is 460 g/mol. The summed E-state index contributed by atoms with van der Waals surface area (Å²) in [6, 6.07) is 3.42. The van der Waals surface area contributed by atoms with Crippen LogP contribution in [-0.2, 0) is 9.59 Å². The molecule has 1 aromatic heterocycles. The van der Waals surface area contributed by atoms with Crippen LogP contribution >= 0.6 is 11.3 Å². The first-order chi connectivity index (χ1) is 15.3. The number of likely N-dealkylation sites (tertiary alicyclic amines) is 1. The van der Waals surface area contributed by atoms with Crippen molar-refractivity contribution in [3.63, 3.8) is 0 Å². The molecule has 2 aliphatic carbocycles. The summed E-state index contributed by atoms with van der Waals surface area (Å²) in [6.07, 6.45) is 5.91. The van der Waals surface area contributed by atoms with E-state index < -0.39 is 6.04 Å². The molecule has 1 saturated heterocycles. The maximum Gasteiger partial charge on any atom is 0.264 e. The zero-order valence-corrected chi connectivity index (χ0v) is 20.0. The first-order valence-corrected chi connectivity index (χ1v) is 12.9. The molecule has 32 heavy (non-hydrogen) atoms. The van der Waals surface area contributed by atoms with E-state index in [1.54, 1.807) is 4.90 Å². The van der Waals surface area contributed by atoms with Crippen LogP contribution in [0.15, 0.2) is 17.5 Å². The van der Waals surface area contributed by atoms with Crippen LogP contribution in [0.5, 0.6) is 0 Å². The van der Waals surface area contributed by atoms with E-state index >= 15 is 0 Å². The number of nitrogens with zero attached hydrogens (tertiary/aromatic N) is 2. The van der Waals surface area contributed by atoms with Gasteiger partial charge in [0, 0.05) is 31.1 Å². The van der Waals surface area contributed by atoms with Gasteiger partial charge in [0.05, 0.1) is 10.9 Å². The fourth-order valence-corrected chi connectivity index (χ4v) is 5.67. The lowest BCUT2D eigenvalue weighted by molar-refractivity contribution is -0.139. The van der Waals surface area contributed by atoms with Gasteiger partial charge in [0.1, 0.15) is 6.04 Å². The van der Waals surface area contributed by atoms with Gasteiger partial charge in [-0.05, 0) is 62.3 Å². The second-order valence-electron chi connectivity index (χ2n) is 10.1. The van der Waals surface area contributed by atoms with Gasteiger partial charge in [-0.1, -0.05) is 19.9 Å². The van der Waals surface area contributed by atoms with Gasteiger partial charge in [-0.15, -0.1) is 11.3 Å². The summed E-state index contributed by atoms with van der Waals surface area (Å²) in [5.74, 6) is 0.343. The molecule has 0 aromatic carbocycles. The highest BCUT2D eigenvalue weighted by molar-refractivity contribution is 7.12. The molecule has 3 N–H and O–H groups in total. The Morgan fingerprint density at radius 1 is 1.19 bits per heavy atom. The summed E-state index contributed by atoms with van der Waals surface area (Å²) in [4.78, 5) is 44.0. The lowest BCUT2D eigenvalue weighted by atomic mass is 9.91. The van der Waals surface area contributed by atoms with E-state index in [1.165, 1.54) is 11.3 Å². The fourth-order valence-electron chi connectivity index (χ4n) is 4.99. The summed E-state index contributed by atoms with van der Waals surface area (Å²) in [5, 5.41) is 5.10. The van der Waals surface area contributed by atoms with E-state index in [0.29, 0.717) is 30.3 Å². The predicted molar refractivity (Wildman–Crippen MR) is 125 cm³/mol. The molecule has 2 unspecified atom stereocenters. The fraction of sp³-hybridized carbons (Fsp3) is 0.708. The maximum absolute atomic E-state index is 13.3. The zero-order chi connectivity index (χ0) is 22.8. The quantitative estimate of drug-likeness (QED) is 0.654. The van der Waals surface area contributed by atoms with Gasteiger partial charge < -0.3 is 20.9 Å². The van der Waals surface area contributed by atoms with Crippen molar-refractivity contribution in [2.24, 2.45) is 17.6 Å². The van der Waals surface area contributed by atoms with Gasteiger partial charge in [0.25, 0.3) is 5.91 Å². The van der Waals surface area contributed by atoms with Crippen LogP contribution in [0, 0.1) is 11.8 Å². The van der Waals surface area contributed by atoms with E-state index in [0.717, 1.165) is 38.5 Å². The van der Waals surface area contributed by atoms with Crippen LogP contribution in [0.4, 0.5) is 0 Å². The van der Waals surface area contributed by atoms with Crippen molar-refractivity contribution in [1.29, 1.82) is 0 Å². The molecule has 1 aromatic rings. The maximum atomic E-state index is 13.3. The Morgan fingerprint density at radius 2 is 1.91 bits per heavy atom. The number of thiophene rings is 1. The van der Waals surface area contributed by atoms with Crippen LogP contribution in [0.3, 0.4) is 0 Å². The van der Waals surface area contributed by atoms with Crippen molar-refractivity contribution in [3.8, 4) is 0 Å². The van der Waals surface area contributed by atoms with Crippen molar-refractivity contribution in [2.75, 3.05) is 13.1 Å². The Kier molecular flexibility index (Phi) is 7.20. The highest BCUT2D eigenvalue weighted by Gasteiger charge is 2.47. The Bertz CT molecular complexity index is 815. The van der Waals surface area contributed by atoms with Gasteiger partial charge >= 0.3 is 0 Å². The lowest BCUT2D eigenvalue weighted by Gasteiger charge is -2.30. The number of carbonyl (C=O) groups is 3. The van der Waals surface area contributed by atoms with E-state index in [-0.39, 0.29) is 41.8 Å². The van der Waals surface area contributed by atoms with Gasteiger partial charge in [-0.25, -0.2) is 0 Å². The molecule has 0 spiro atoms. The Balaban J connectivity index is 1.50. The molecular weight excluding hydrogens is 424 g/mol. The third-order valence-corrected chi connectivity index (χ3v) is 7.76. The standard InChI is InChI=1S/C24H36N4O3S/c1-15(2)13-27(24(31)21-4-3-11-32-21)19-12-20(28(14-19)23(30)16-5-6-16)22(29)26-18-9-7-17(25)8-10-18/h3-4,11,15-20H,5-10,12-14,25H2,1-2H3,(H,26,29). The number of rotatable bonds is 7. The molecule has 8 heteroatoms. The van der Waals surface area contributed by atoms with Gasteiger partial charge in [-0.3, -0.25) is 14.4 Å². The minimum Gasteiger partial charge on any atom is -0.352 e. The summed E-state index contributed by atoms with van der Waals surface area (Å²) in [7, 11) is 0. The number of hydrogen-bond acceptors (Lipinski definition) is 5. The molecule has 7 nitrogen and oxygen atoms in total. The zero-order valence-electron chi connectivity index (χ0n) is 19.2. The van der Waals surface area contributed by atoms with Gasteiger partial charge in [0.2, 0.25) is 11.8 Å². The number of hydrogen-bond donors (Lipinski definition) is 2. The topological polar surface area (TPSA) is 95.7 Å².